The highest BCUT2D eigenvalue weighted by atomic mass is 15.1. The molecule has 0 amide bonds. The summed E-state index contributed by atoms with van der Waals surface area (Å²) in [6, 6.07) is 5.64. The van der Waals surface area contributed by atoms with Crippen molar-refractivity contribution in [1.29, 1.82) is 0 Å². The molecule has 2 heterocycles. The zero-order chi connectivity index (χ0) is 9.97. The molecule has 0 atom stereocenters. The first-order chi connectivity index (χ1) is 6.75. The van der Waals surface area contributed by atoms with Crippen LogP contribution in [-0.2, 0) is 0 Å². The van der Waals surface area contributed by atoms with Crippen molar-refractivity contribution in [2.75, 3.05) is 5.73 Å². The Balaban J connectivity index is 2.44. The molecule has 0 saturated carbocycles. The standard InChI is InChI=1S/C10H10N4/c1-7-2-3-10(14-13-7)8-4-9(11)6-12-5-8/h2-6H,11H2,1H3. The van der Waals surface area contributed by atoms with Crippen molar-refractivity contribution < 1.29 is 0 Å². The lowest BCUT2D eigenvalue weighted by molar-refractivity contribution is 0.986. The number of hydrogen-bond acceptors (Lipinski definition) is 4. The number of anilines is 1. The Bertz CT molecular complexity index is 436. The Labute approximate surface area is 81.8 Å². The van der Waals surface area contributed by atoms with Gasteiger partial charge in [-0.05, 0) is 25.1 Å². The Hall–Kier alpha value is -1.97. The molecule has 2 N–H and O–H groups in total. The summed E-state index contributed by atoms with van der Waals surface area (Å²) in [7, 11) is 0. The number of aromatic nitrogens is 3. The number of rotatable bonds is 1. The van der Waals surface area contributed by atoms with E-state index in [0.29, 0.717) is 5.69 Å². The quantitative estimate of drug-likeness (QED) is 0.731. The predicted octanol–water partition coefficient (Wildman–Crippen LogP) is 1.43. The molecule has 4 nitrogen and oxygen atoms in total. The van der Waals surface area contributed by atoms with Crippen LogP contribution >= 0.6 is 0 Å². The lowest BCUT2D eigenvalue weighted by atomic mass is 10.2. The second-order valence-corrected chi connectivity index (χ2v) is 3.07. The Morgan fingerprint density at radius 3 is 2.64 bits per heavy atom. The Morgan fingerprint density at radius 1 is 1.14 bits per heavy atom. The molecule has 0 radical (unpaired) electrons. The molecule has 0 unspecified atom stereocenters. The highest BCUT2D eigenvalue weighted by Crippen LogP contribution is 2.16. The third-order valence-electron chi connectivity index (χ3n) is 1.85. The van der Waals surface area contributed by atoms with Crippen LogP contribution in [-0.4, -0.2) is 15.2 Å². The van der Waals surface area contributed by atoms with Crippen LogP contribution < -0.4 is 5.73 Å². The molecule has 0 bridgehead atoms. The van der Waals surface area contributed by atoms with Crippen LogP contribution in [0.4, 0.5) is 5.69 Å². The highest BCUT2D eigenvalue weighted by molar-refractivity contribution is 5.61. The maximum atomic E-state index is 5.62. The fraction of sp³-hybridized carbons (Fsp3) is 0.100. The van der Waals surface area contributed by atoms with Crippen molar-refractivity contribution in [2.45, 2.75) is 6.92 Å². The molecular formula is C10H10N4. The summed E-state index contributed by atoms with van der Waals surface area (Å²) < 4.78 is 0. The molecule has 0 spiro atoms. The maximum absolute atomic E-state index is 5.62. The van der Waals surface area contributed by atoms with Gasteiger partial charge < -0.3 is 5.73 Å². The van der Waals surface area contributed by atoms with Crippen LogP contribution in [0.25, 0.3) is 11.3 Å². The summed E-state index contributed by atoms with van der Waals surface area (Å²) in [4.78, 5) is 3.99. The fourth-order valence-corrected chi connectivity index (χ4v) is 1.15. The van der Waals surface area contributed by atoms with Gasteiger partial charge in [0, 0.05) is 18.0 Å². The van der Waals surface area contributed by atoms with Crippen molar-refractivity contribution in [2.24, 2.45) is 0 Å². The number of nitrogen functional groups attached to an aromatic ring is 1. The maximum Gasteiger partial charge on any atom is 0.0946 e. The minimum Gasteiger partial charge on any atom is -0.397 e. The van der Waals surface area contributed by atoms with E-state index in [4.69, 9.17) is 5.73 Å². The van der Waals surface area contributed by atoms with Gasteiger partial charge >= 0.3 is 0 Å². The molecular weight excluding hydrogens is 176 g/mol. The number of pyridine rings is 1. The molecule has 14 heavy (non-hydrogen) atoms. The lowest BCUT2D eigenvalue weighted by Gasteiger charge is -2.00. The van der Waals surface area contributed by atoms with E-state index >= 15 is 0 Å². The molecule has 4 heteroatoms. The minimum absolute atomic E-state index is 0.630. The van der Waals surface area contributed by atoms with Gasteiger partial charge in [0.25, 0.3) is 0 Å². The molecule has 70 valence electrons. The van der Waals surface area contributed by atoms with E-state index in [2.05, 4.69) is 15.2 Å². The summed E-state index contributed by atoms with van der Waals surface area (Å²) >= 11 is 0. The van der Waals surface area contributed by atoms with Crippen molar-refractivity contribution in [3.8, 4) is 11.3 Å². The lowest BCUT2D eigenvalue weighted by Crippen LogP contribution is -1.92. The summed E-state index contributed by atoms with van der Waals surface area (Å²) in [5.74, 6) is 0. The third kappa shape index (κ3) is 1.69. The first-order valence-electron chi connectivity index (χ1n) is 4.27. The van der Waals surface area contributed by atoms with Crippen LogP contribution in [0.5, 0.6) is 0 Å². The molecule has 0 aliphatic heterocycles. The van der Waals surface area contributed by atoms with Gasteiger partial charge in [-0.1, -0.05) is 0 Å². The summed E-state index contributed by atoms with van der Waals surface area (Å²) in [5, 5.41) is 8.01. The zero-order valence-corrected chi connectivity index (χ0v) is 7.81. The van der Waals surface area contributed by atoms with Gasteiger partial charge in [-0.25, -0.2) is 0 Å². The Morgan fingerprint density at radius 2 is 2.00 bits per heavy atom. The molecule has 2 rings (SSSR count). The molecule has 2 aromatic rings. The van der Waals surface area contributed by atoms with Crippen LogP contribution in [0.3, 0.4) is 0 Å². The van der Waals surface area contributed by atoms with Crippen molar-refractivity contribution in [3.63, 3.8) is 0 Å². The van der Waals surface area contributed by atoms with Crippen molar-refractivity contribution in [3.05, 3.63) is 36.3 Å². The van der Waals surface area contributed by atoms with E-state index < -0.39 is 0 Å². The van der Waals surface area contributed by atoms with E-state index in [1.54, 1.807) is 12.4 Å². The predicted molar refractivity (Wildman–Crippen MR) is 54.4 cm³/mol. The van der Waals surface area contributed by atoms with Crippen molar-refractivity contribution in [1.82, 2.24) is 15.2 Å². The van der Waals surface area contributed by atoms with Gasteiger partial charge in [-0.15, -0.1) is 0 Å². The van der Waals surface area contributed by atoms with Gasteiger partial charge in [-0.2, -0.15) is 10.2 Å². The number of hydrogen-bond donors (Lipinski definition) is 1. The minimum atomic E-state index is 0.630. The smallest absolute Gasteiger partial charge is 0.0946 e. The average molecular weight is 186 g/mol. The Kier molecular flexibility index (Phi) is 2.10. The largest absolute Gasteiger partial charge is 0.397 e. The van der Waals surface area contributed by atoms with Gasteiger partial charge in [0.05, 0.1) is 17.1 Å². The molecule has 0 aliphatic carbocycles. The van der Waals surface area contributed by atoms with Gasteiger partial charge in [-0.3, -0.25) is 4.98 Å². The van der Waals surface area contributed by atoms with Crippen LogP contribution in [0.2, 0.25) is 0 Å². The third-order valence-corrected chi connectivity index (χ3v) is 1.85. The molecule has 0 saturated heterocycles. The number of nitrogens with two attached hydrogens (primary N) is 1. The van der Waals surface area contributed by atoms with Crippen molar-refractivity contribution >= 4 is 5.69 Å². The molecule has 0 aliphatic rings. The SMILES string of the molecule is Cc1ccc(-c2cncc(N)c2)nn1. The van der Waals surface area contributed by atoms with E-state index in [1.807, 2.05) is 25.1 Å². The van der Waals surface area contributed by atoms with Crippen LogP contribution in [0.15, 0.2) is 30.6 Å². The molecule has 0 fully saturated rings. The zero-order valence-electron chi connectivity index (χ0n) is 7.81. The number of nitrogens with zero attached hydrogens (tertiary/aromatic N) is 3. The first kappa shape index (κ1) is 8.62. The first-order valence-corrected chi connectivity index (χ1v) is 4.27. The normalized spacial score (nSPS) is 10.1. The monoisotopic (exact) mass is 186 g/mol. The molecule has 2 aromatic heterocycles. The van der Waals surface area contributed by atoms with E-state index in [9.17, 15) is 0 Å². The van der Waals surface area contributed by atoms with E-state index in [0.717, 1.165) is 17.0 Å². The van der Waals surface area contributed by atoms with Gasteiger partial charge in [0.15, 0.2) is 0 Å². The second kappa shape index (κ2) is 3.41. The summed E-state index contributed by atoms with van der Waals surface area (Å²) in [5.41, 5.74) is 8.81. The van der Waals surface area contributed by atoms with Crippen LogP contribution in [0.1, 0.15) is 5.69 Å². The highest BCUT2D eigenvalue weighted by Gasteiger charge is 2.00. The summed E-state index contributed by atoms with van der Waals surface area (Å²) in [6.07, 6.45) is 3.32. The van der Waals surface area contributed by atoms with Gasteiger partial charge in [0.2, 0.25) is 0 Å². The average Bonchev–Trinajstić information content (AvgIpc) is 2.19. The fourth-order valence-electron chi connectivity index (χ4n) is 1.15. The van der Waals surface area contributed by atoms with E-state index in [1.165, 1.54) is 0 Å². The van der Waals surface area contributed by atoms with Gasteiger partial charge in [0.1, 0.15) is 0 Å². The van der Waals surface area contributed by atoms with E-state index in [-0.39, 0.29) is 0 Å². The number of aryl methyl sites for hydroxylation is 1. The molecule has 0 aromatic carbocycles. The topological polar surface area (TPSA) is 64.7 Å². The van der Waals surface area contributed by atoms with Crippen LogP contribution in [0, 0.1) is 6.92 Å². The second-order valence-electron chi connectivity index (χ2n) is 3.07. The summed E-state index contributed by atoms with van der Waals surface area (Å²) in [6.45, 7) is 1.90.